The molecule has 2 aromatic heterocycles. The third-order valence-corrected chi connectivity index (χ3v) is 2.23. The van der Waals surface area contributed by atoms with Gasteiger partial charge in [0.15, 0.2) is 5.69 Å². The molecule has 0 saturated carbocycles. The van der Waals surface area contributed by atoms with E-state index in [-0.39, 0.29) is 0 Å². The summed E-state index contributed by atoms with van der Waals surface area (Å²) in [7, 11) is 0. The van der Waals surface area contributed by atoms with Crippen LogP contribution in [0.5, 0.6) is 0 Å². The van der Waals surface area contributed by atoms with Crippen LogP contribution < -0.4 is 5.73 Å². The lowest BCUT2D eigenvalue weighted by Gasteiger charge is -1.96. The number of hydrogen-bond donors (Lipinski definition) is 1. The molecule has 16 heavy (non-hydrogen) atoms. The third kappa shape index (κ3) is 1.90. The van der Waals surface area contributed by atoms with Crippen molar-refractivity contribution in [1.29, 1.82) is 0 Å². The predicted octanol–water partition coefficient (Wildman–Crippen LogP) is 0.970. The first-order chi connectivity index (χ1) is 7.74. The van der Waals surface area contributed by atoms with Gasteiger partial charge in [0.05, 0.1) is 6.61 Å². The number of ether oxygens (including phenoxy) is 1. The molecule has 0 unspecified atom stereocenters. The van der Waals surface area contributed by atoms with Gasteiger partial charge in [-0.3, -0.25) is 0 Å². The lowest BCUT2D eigenvalue weighted by molar-refractivity contribution is 0.0520. The fourth-order valence-electron chi connectivity index (χ4n) is 1.46. The standard InChI is InChI=1S/C11H13N3O2/c1-2-16-11(15)9-7-14-6-8(5-12)3-4-10(14)13-9/h3-4,6-7H,2,5,12H2,1H3. The minimum Gasteiger partial charge on any atom is -0.461 e. The molecular formula is C11H13N3O2. The highest BCUT2D eigenvalue weighted by atomic mass is 16.5. The van der Waals surface area contributed by atoms with Crippen LogP contribution in [0.2, 0.25) is 0 Å². The molecule has 0 aliphatic heterocycles. The molecule has 0 saturated heterocycles. The number of esters is 1. The summed E-state index contributed by atoms with van der Waals surface area (Å²) < 4.78 is 6.65. The molecule has 0 spiro atoms. The van der Waals surface area contributed by atoms with E-state index < -0.39 is 5.97 Å². The highest BCUT2D eigenvalue weighted by Gasteiger charge is 2.11. The summed E-state index contributed by atoms with van der Waals surface area (Å²) in [5.41, 5.74) is 7.54. The zero-order valence-corrected chi connectivity index (χ0v) is 9.01. The normalized spacial score (nSPS) is 10.6. The Hall–Kier alpha value is -1.88. The van der Waals surface area contributed by atoms with E-state index in [4.69, 9.17) is 10.5 Å². The lowest BCUT2D eigenvalue weighted by Crippen LogP contribution is -2.04. The molecule has 0 radical (unpaired) electrons. The average molecular weight is 219 g/mol. The van der Waals surface area contributed by atoms with Crippen LogP contribution in [0.4, 0.5) is 0 Å². The Morgan fingerprint density at radius 2 is 2.31 bits per heavy atom. The second-order valence-corrected chi connectivity index (χ2v) is 3.35. The number of carbonyl (C=O) groups excluding carboxylic acids is 1. The first-order valence-electron chi connectivity index (χ1n) is 5.09. The Kier molecular flexibility index (Phi) is 2.87. The SMILES string of the molecule is CCOC(=O)c1cn2cc(CN)ccc2n1. The molecule has 5 heteroatoms. The highest BCUT2D eigenvalue weighted by Crippen LogP contribution is 2.08. The van der Waals surface area contributed by atoms with Gasteiger partial charge in [-0.1, -0.05) is 6.07 Å². The van der Waals surface area contributed by atoms with Crippen molar-refractivity contribution in [2.75, 3.05) is 6.61 Å². The van der Waals surface area contributed by atoms with E-state index >= 15 is 0 Å². The Labute approximate surface area is 92.8 Å². The van der Waals surface area contributed by atoms with Crippen LogP contribution >= 0.6 is 0 Å². The van der Waals surface area contributed by atoms with Gasteiger partial charge >= 0.3 is 5.97 Å². The fourth-order valence-corrected chi connectivity index (χ4v) is 1.46. The van der Waals surface area contributed by atoms with Gasteiger partial charge in [0.25, 0.3) is 0 Å². The van der Waals surface area contributed by atoms with Gasteiger partial charge in [-0.25, -0.2) is 9.78 Å². The summed E-state index contributed by atoms with van der Waals surface area (Å²) in [6.45, 7) is 2.57. The molecule has 0 fully saturated rings. The van der Waals surface area contributed by atoms with Gasteiger partial charge in [0, 0.05) is 18.9 Å². The van der Waals surface area contributed by atoms with Gasteiger partial charge in [-0.05, 0) is 18.6 Å². The number of aromatic nitrogens is 2. The summed E-state index contributed by atoms with van der Waals surface area (Å²) in [4.78, 5) is 15.6. The molecule has 2 N–H and O–H groups in total. The van der Waals surface area contributed by atoms with Crippen molar-refractivity contribution in [2.24, 2.45) is 5.73 Å². The monoisotopic (exact) mass is 219 g/mol. The predicted molar refractivity (Wildman–Crippen MR) is 59.0 cm³/mol. The van der Waals surface area contributed by atoms with E-state index in [0.717, 1.165) is 5.56 Å². The second-order valence-electron chi connectivity index (χ2n) is 3.35. The van der Waals surface area contributed by atoms with Gasteiger partial charge in [-0.2, -0.15) is 0 Å². The topological polar surface area (TPSA) is 69.6 Å². The molecule has 0 bridgehead atoms. The van der Waals surface area contributed by atoms with Crippen LogP contribution in [0.15, 0.2) is 24.5 Å². The Bertz CT molecular complexity index is 519. The molecule has 2 aromatic rings. The van der Waals surface area contributed by atoms with Crippen LogP contribution in [0.3, 0.4) is 0 Å². The van der Waals surface area contributed by atoms with Crippen molar-refractivity contribution in [2.45, 2.75) is 13.5 Å². The average Bonchev–Trinajstić information content (AvgIpc) is 2.71. The third-order valence-electron chi connectivity index (χ3n) is 2.23. The van der Waals surface area contributed by atoms with Crippen molar-refractivity contribution in [3.05, 3.63) is 35.8 Å². The van der Waals surface area contributed by atoms with E-state index in [1.54, 1.807) is 17.5 Å². The maximum Gasteiger partial charge on any atom is 0.358 e. The number of fused-ring (bicyclic) bond motifs is 1. The molecule has 2 rings (SSSR count). The first kappa shape index (κ1) is 10.6. The molecule has 0 aromatic carbocycles. The Morgan fingerprint density at radius 3 is 3.00 bits per heavy atom. The Morgan fingerprint density at radius 1 is 1.50 bits per heavy atom. The number of nitrogens with two attached hydrogens (primary N) is 1. The molecular weight excluding hydrogens is 206 g/mol. The van der Waals surface area contributed by atoms with E-state index in [0.29, 0.717) is 24.5 Å². The van der Waals surface area contributed by atoms with E-state index in [1.807, 2.05) is 18.3 Å². The lowest BCUT2D eigenvalue weighted by atomic mass is 10.3. The number of pyridine rings is 1. The van der Waals surface area contributed by atoms with E-state index in [2.05, 4.69) is 4.98 Å². The molecule has 2 heterocycles. The van der Waals surface area contributed by atoms with Gasteiger partial charge < -0.3 is 14.9 Å². The molecule has 84 valence electrons. The molecule has 0 aliphatic rings. The minimum absolute atomic E-state index is 0.316. The minimum atomic E-state index is -0.402. The van der Waals surface area contributed by atoms with Crippen LogP contribution in [-0.4, -0.2) is 22.0 Å². The zero-order chi connectivity index (χ0) is 11.5. The van der Waals surface area contributed by atoms with Gasteiger partial charge in [0.1, 0.15) is 5.65 Å². The molecule has 5 nitrogen and oxygen atoms in total. The molecule has 0 amide bonds. The highest BCUT2D eigenvalue weighted by molar-refractivity contribution is 5.87. The van der Waals surface area contributed by atoms with Crippen molar-refractivity contribution >= 4 is 11.6 Å². The summed E-state index contributed by atoms with van der Waals surface area (Å²) in [6, 6.07) is 3.71. The summed E-state index contributed by atoms with van der Waals surface area (Å²) in [5, 5.41) is 0. The first-order valence-corrected chi connectivity index (χ1v) is 5.09. The van der Waals surface area contributed by atoms with E-state index in [9.17, 15) is 4.79 Å². The van der Waals surface area contributed by atoms with Crippen molar-refractivity contribution < 1.29 is 9.53 Å². The maximum absolute atomic E-state index is 11.4. The largest absolute Gasteiger partial charge is 0.461 e. The number of nitrogens with zero attached hydrogens (tertiary/aromatic N) is 2. The summed E-state index contributed by atoms with van der Waals surface area (Å²) in [5.74, 6) is -0.402. The van der Waals surface area contributed by atoms with Crippen molar-refractivity contribution in [1.82, 2.24) is 9.38 Å². The van der Waals surface area contributed by atoms with Crippen LogP contribution in [0, 0.1) is 0 Å². The molecule has 0 atom stereocenters. The smallest absolute Gasteiger partial charge is 0.358 e. The summed E-state index contributed by atoms with van der Waals surface area (Å²) in [6.07, 6.45) is 3.50. The van der Waals surface area contributed by atoms with Crippen LogP contribution in [0.25, 0.3) is 5.65 Å². The van der Waals surface area contributed by atoms with E-state index in [1.165, 1.54) is 0 Å². The molecule has 0 aliphatic carbocycles. The van der Waals surface area contributed by atoms with Crippen LogP contribution in [0.1, 0.15) is 23.0 Å². The fraction of sp³-hybridized carbons (Fsp3) is 0.273. The number of imidazole rings is 1. The maximum atomic E-state index is 11.4. The van der Waals surface area contributed by atoms with Gasteiger partial charge in [-0.15, -0.1) is 0 Å². The number of rotatable bonds is 3. The number of carbonyl (C=O) groups is 1. The van der Waals surface area contributed by atoms with Gasteiger partial charge in [0.2, 0.25) is 0 Å². The Balaban J connectivity index is 2.39. The zero-order valence-electron chi connectivity index (χ0n) is 9.01. The van der Waals surface area contributed by atoms with Crippen molar-refractivity contribution in [3.8, 4) is 0 Å². The summed E-state index contributed by atoms with van der Waals surface area (Å²) >= 11 is 0. The quantitative estimate of drug-likeness (QED) is 0.781. The van der Waals surface area contributed by atoms with Crippen molar-refractivity contribution in [3.63, 3.8) is 0 Å². The number of hydrogen-bond acceptors (Lipinski definition) is 4. The van der Waals surface area contributed by atoms with Crippen LogP contribution in [-0.2, 0) is 11.3 Å². The second kappa shape index (κ2) is 4.32.